The Balaban J connectivity index is 1.71. The minimum Gasteiger partial charge on any atom is -0.454 e. The second-order valence-electron chi connectivity index (χ2n) is 4.91. The molecule has 0 unspecified atom stereocenters. The fourth-order valence-electron chi connectivity index (χ4n) is 2.50. The fraction of sp³-hybridized carbons (Fsp3) is 0.154. The first-order chi connectivity index (χ1) is 11.2. The second kappa shape index (κ2) is 4.76. The Labute approximate surface area is 142 Å². The molecule has 2 aliphatic heterocycles. The largest absolute Gasteiger partial charge is 0.454 e. The lowest BCUT2D eigenvalue weighted by atomic mass is 10.2. The monoisotopic (exact) mass is 366 g/mol. The summed E-state index contributed by atoms with van der Waals surface area (Å²) < 4.78 is 13.3. The third kappa shape index (κ3) is 1.93. The van der Waals surface area contributed by atoms with E-state index in [9.17, 15) is 4.79 Å². The number of halogens is 1. The second-order valence-corrected chi connectivity index (χ2v) is 7.28. The fourth-order valence-corrected chi connectivity index (χ4v) is 4.68. The van der Waals surface area contributed by atoms with Crippen LogP contribution >= 0.6 is 34.7 Å². The van der Waals surface area contributed by atoms with Crippen molar-refractivity contribution >= 4 is 50.7 Å². The lowest BCUT2D eigenvalue weighted by Gasteiger charge is -2.14. The number of nitrogens with one attached hydrogen (secondary N) is 1. The molecule has 116 valence electrons. The van der Waals surface area contributed by atoms with Gasteiger partial charge in [-0.1, -0.05) is 23.4 Å². The van der Waals surface area contributed by atoms with E-state index in [1.807, 2.05) is 12.1 Å². The summed E-state index contributed by atoms with van der Waals surface area (Å²) in [6, 6.07) is 3.76. The Morgan fingerprint density at radius 1 is 1.26 bits per heavy atom. The Bertz CT molecular complexity index is 983. The van der Waals surface area contributed by atoms with Gasteiger partial charge < -0.3 is 9.47 Å². The molecule has 2 aliphatic rings. The van der Waals surface area contributed by atoms with E-state index in [1.165, 1.54) is 23.1 Å². The van der Waals surface area contributed by atoms with Gasteiger partial charge in [0.2, 0.25) is 17.9 Å². The molecule has 1 N–H and O–H groups in total. The number of amides is 1. The number of hydrogen-bond acceptors (Lipinski definition) is 7. The molecule has 0 spiro atoms. The van der Waals surface area contributed by atoms with E-state index in [4.69, 9.17) is 21.1 Å². The zero-order chi connectivity index (χ0) is 15.6. The van der Waals surface area contributed by atoms with Crippen LogP contribution in [0.15, 0.2) is 17.3 Å². The highest BCUT2D eigenvalue weighted by atomic mass is 35.5. The van der Waals surface area contributed by atoms with Gasteiger partial charge in [-0.15, -0.1) is 21.5 Å². The Kier molecular flexibility index (Phi) is 2.79. The molecule has 2 aromatic heterocycles. The average molecular weight is 367 g/mol. The predicted octanol–water partition coefficient (Wildman–Crippen LogP) is 2.72. The summed E-state index contributed by atoms with van der Waals surface area (Å²) in [4.78, 5) is 12.4. The van der Waals surface area contributed by atoms with Gasteiger partial charge >= 0.3 is 0 Å². The number of fused-ring (bicyclic) bond motifs is 3. The number of thiophene rings is 1. The number of ether oxygens (including phenoxy) is 2. The smallest absolute Gasteiger partial charge is 0.249 e. The van der Waals surface area contributed by atoms with Crippen LogP contribution in [0.5, 0.6) is 11.5 Å². The Hall–Kier alpha value is -1.97. The molecule has 1 amide bonds. The molecule has 0 radical (unpaired) electrons. The molecule has 0 atom stereocenters. The number of thioether (sulfide) groups is 1. The van der Waals surface area contributed by atoms with Gasteiger partial charge in [-0.05, 0) is 6.07 Å². The third-order valence-electron chi connectivity index (χ3n) is 3.53. The van der Waals surface area contributed by atoms with Crippen LogP contribution in [0.3, 0.4) is 0 Å². The molecule has 3 aromatic rings. The van der Waals surface area contributed by atoms with E-state index in [2.05, 4.69) is 15.6 Å². The van der Waals surface area contributed by atoms with E-state index < -0.39 is 0 Å². The van der Waals surface area contributed by atoms with Crippen molar-refractivity contribution in [3.05, 3.63) is 17.2 Å². The van der Waals surface area contributed by atoms with Crippen molar-refractivity contribution in [3.63, 3.8) is 0 Å². The minimum atomic E-state index is -0.0958. The van der Waals surface area contributed by atoms with Gasteiger partial charge in [0.05, 0.1) is 15.7 Å². The first-order valence-corrected chi connectivity index (χ1v) is 8.79. The molecule has 0 fully saturated rings. The number of benzene rings is 1. The molecule has 23 heavy (non-hydrogen) atoms. The van der Waals surface area contributed by atoms with Gasteiger partial charge in [0.25, 0.3) is 0 Å². The lowest BCUT2D eigenvalue weighted by molar-refractivity contribution is -0.114. The lowest BCUT2D eigenvalue weighted by Crippen LogP contribution is -2.29. The summed E-state index contributed by atoms with van der Waals surface area (Å²) in [5.41, 5.74) is 2.75. The van der Waals surface area contributed by atoms with Crippen molar-refractivity contribution in [1.29, 1.82) is 0 Å². The summed E-state index contributed by atoms with van der Waals surface area (Å²) in [6.45, 7) is 0.220. The standard InChI is InChI=1S/C13H7ClN4O3S2/c14-10-5-1-6-7(21-4-20-6)2-8(5)23-11(10)12-15-16-13-18(12)17-9(19)3-22-13/h1-2H,3-4H2,(H,17,19). The number of rotatable bonds is 1. The summed E-state index contributed by atoms with van der Waals surface area (Å²) in [5, 5.41) is 10.3. The zero-order valence-electron chi connectivity index (χ0n) is 11.3. The Morgan fingerprint density at radius 3 is 2.96 bits per heavy atom. The summed E-state index contributed by atoms with van der Waals surface area (Å²) in [7, 11) is 0. The van der Waals surface area contributed by atoms with Crippen LogP contribution in [0.2, 0.25) is 5.02 Å². The van der Waals surface area contributed by atoms with E-state index in [0.717, 1.165) is 15.0 Å². The van der Waals surface area contributed by atoms with E-state index in [0.29, 0.717) is 33.3 Å². The normalized spacial score (nSPS) is 15.8. The Morgan fingerprint density at radius 2 is 2.09 bits per heavy atom. The molecule has 10 heteroatoms. The molecule has 0 bridgehead atoms. The van der Waals surface area contributed by atoms with Gasteiger partial charge in [-0.3, -0.25) is 10.2 Å². The third-order valence-corrected chi connectivity index (χ3v) is 6.11. The van der Waals surface area contributed by atoms with Crippen molar-refractivity contribution in [2.24, 2.45) is 0 Å². The quantitative estimate of drug-likeness (QED) is 0.713. The van der Waals surface area contributed by atoms with Crippen LogP contribution in [-0.4, -0.2) is 33.3 Å². The van der Waals surface area contributed by atoms with Gasteiger partial charge in [-0.25, -0.2) is 4.68 Å². The number of hydrogen-bond donors (Lipinski definition) is 1. The maximum atomic E-state index is 11.6. The van der Waals surface area contributed by atoms with Gasteiger partial charge in [0.1, 0.15) is 0 Å². The van der Waals surface area contributed by atoms with Crippen LogP contribution in [0.4, 0.5) is 0 Å². The molecule has 0 saturated carbocycles. The van der Waals surface area contributed by atoms with E-state index >= 15 is 0 Å². The molecular weight excluding hydrogens is 360 g/mol. The molecule has 7 nitrogen and oxygen atoms in total. The van der Waals surface area contributed by atoms with Gasteiger partial charge in [0, 0.05) is 16.2 Å². The maximum absolute atomic E-state index is 11.6. The first-order valence-electron chi connectivity index (χ1n) is 6.61. The van der Waals surface area contributed by atoms with Gasteiger partial charge in [-0.2, -0.15) is 0 Å². The number of nitrogens with zero attached hydrogens (tertiary/aromatic N) is 3. The molecule has 5 rings (SSSR count). The molecule has 4 heterocycles. The van der Waals surface area contributed by atoms with Crippen molar-refractivity contribution in [3.8, 4) is 22.2 Å². The minimum absolute atomic E-state index is 0.0958. The average Bonchev–Trinajstić information content (AvgIpc) is 3.23. The van der Waals surface area contributed by atoms with Crippen molar-refractivity contribution in [1.82, 2.24) is 14.9 Å². The SMILES string of the molecule is O=C1CSc2nnc(-c3sc4cc5c(cc4c3Cl)OCO5)n2N1. The van der Waals surface area contributed by atoms with Crippen molar-refractivity contribution < 1.29 is 14.3 Å². The van der Waals surface area contributed by atoms with Crippen molar-refractivity contribution in [2.75, 3.05) is 18.0 Å². The summed E-state index contributed by atoms with van der Waals surface area (Å²) in [5.74, 6) is 2.14. The van der Waals surface area contributed by atoms with E-state index in [1.54, 1.807) is 4.68 Å². The zero-order valence-corrected chi connectivity index (χ0v) is 13.7. The van der Waals surface area contributed by atoms with Gasteiger partial charge in [0.15, 0.2) is 17.3 Å². The summed E-state index contributed by atoms with van der Waals surface area (Å²) in [6.07, 6.45) is 0. The van der Waals surface area contributed by atoms with E-state index in [-0.39, 0.29) is 12.7 Å². The number of carbonyl (C=O) groups excluding carboxylic acids is 1. The van der Waals surface area contributed by atoms with Crippen LogP contribution in [0, 0.1) is 0 Å². The predicted molar refractivity (Wildman–Crippen MR) is 87.1 cm³/mol. The highest BCUT2D eigenvalue weighted by molar-refractivity contribution is 7.99. The van der Waals surface area contributed by atoms with Crippen molar-refractivity contribution in [2.45, 2.75) is 5.16 Å². The number of aromatic nitrogens is 3. The summed E-state index contributed by atoms with van der Waals surface area (Å²) >= 11 is 9.35. The molecular formula is C13H7ClN4O3S2. The highest BCUT2D eigenvalue weighted by Crippen LogP contribution is 2.46. The van der Waals surface area contributed by atoms with Crippen LogP contribution in [-0.2, 0) is 4.79 Å². The molecule has 0 aliphatic carbocycles. The first kappa shape index (κ1) is 13.5. The number of carbonyl (C=O) groups is 1. The van der Waals surface area contributed by atoms with Crippen LogP contribution in [0.1, 0.15) is 0 Å². The molecule has 0 saturated heterocycles. The molecule has 1 aromatic carbocycles. The van der Waals surface area contributed by atoms with Crippen LogP contribution < -0.4 is 14.9 Å². The topological polar surface area (TPSA) is 78.3 Å². The van der Waals surface area contributed by atoms with Crippen LogP contribution in [0.25, 0.3) is 20.8 Å². The highest BCUT2D eigenvalue weighted by Gasteiger charge is 2.26. The maximum Gasteiger partial charge on any atom is 0.249 e.